The number of hydrogen-bond donors (Lipinski definition) is 1. The maximum atomic E-state index is 12.8. The standard InChI is InChI=1S/C20H29BrN4O2Si/c1-14(15-8-9-15)22-20(26)19-23-18(16-6-5-7-17(21)12-16)24-25(19)13-27-10-11-28(2,3)4/h5-7,12,14-15H,8-11,13H2,1-4H3,(H,22,26). The lowest BCUT2D eigenvalue weighted by molar-refractivity contribution is 0.0710. The Bertz CT molecular complexity index is 830. The van der Waals surface area contributed by atoms with Crippen LogP contribution < -0.4 is 5.32 Å². The van der Waals surface area contributed by atoms with Crippen LogP contribution in [0.15, 0.2) is 28.7 Å². The number of nitrogens with zero attached hydrogens (tertiary/aromatic N) is 3. The van der Waals surface area contributed by atoms with Gasteiger partial charge in [0.25, 0.3) is 5.91 Å². The second-order valence-corrected chi connectivity index (χ2v) is 15.3. The molecule has 0 aliphatic heterocycles. The molecule has 8 heteroatoms. The molecule has 0 radical (unpaired) electrons. The van der Waals surface area contributed by atoms with Crippen LogP contribution in [0.1, 0.15) is 30.4 Å². The summed E-state index contributed by atoms with van der Waals surface area (Å²) in [6.07, 6.45) is 2.36. The summed E-state index contributed by atoms with van der Waals surface area (Å²) in [4.78, 5) is 17.3. The molecule has 0 spiro atoms. The molecular weight excluding hydrogens is 436 g/mol. The van der Waals surface area contributed by atoms with E-state index < -0.39 is 8.07 Å². The van der Waals surface area contributed by atoms with Crippen LogP contribution in [0.25, 0.3) is 11.4 Å². The Kier molecular flexibility index (Phi) is 6.72. The van der Waals surface area contributed by atoms with Gasteiger partial charge in [-0.3, -0.25) is 4.79 Å². The zero-order chi connectivity index (χ0) is 20.3. The molecule has 152 valence electrons. The van der Waals surface area contributed by atoms with Crippen LogP contribution >= 0.6 is 15.9 Å². The summed E-state index contributed by atoms with van der Waals surface area (Å²) in [6.45, 7) is 9.89. The highest BCUT2D eigenvalue weighted by Crippen LogP contribution is 2.32. The van der Waals surface area contributed by atoms with E-state index in [1.54, 1.807) is 4.68 Å². The summed E-state index contributed by atoms with van der Waals surface area (Å²) in [7, 11) is -1.17. The van der Waals surface area contributed by atoms with Crippen molar-refractivity contribution in [3.63, 3.8) is 0 Å². The molecule has 1 atom stereocenters. The van der Waals surface area contributed by atoms with E-state index in [1.165, 1.54) is 12.8 Å². The van der Waals surface area contributed by atoms with Gasteiger partial charge in [-0.25, -0.2) is 9.67 Å². The highest BCUT2D eigenvalue weighted by molar-refractivity contribution is 9.10. The Labute approximate surface area is 176 Å². The summed E-state index contributed by atoms with van der Waals surface area (Å²) < 4.78 is 8.35. The highest BCUT2D eigenvalue weighted by atomic mass is 79.9. The van der Waals surface area contributed by atoms with Crippen molar-refractivity contribution in [2.45, 2.75) is 58.2 Å². The largest absolute Gasteiger partial charge is 0.359 e. The first kappa shape index (κ1) is 21.2. The van der Waals surface area contributed by atoms with Crippen LogP contribution in [-0.4, -0.2) is 41.4 Å². The molecule has 3 rings (SSSR count). The van der Waals surface area contributed by atoms with Crippen LogP contribution in [0, 0.1) is 5.92 Å². The lowest BCUT2D eigenvalue weighted by Gasteiger charge is -2.16. The lowest BCUT2D eigenvalue weighted by atomic mass is 10.2. The number of carbonyl (C=O) groups excluding carboxylic acids is 1. The molecule has 1 saturated carbocycles. The van der Waals surface area contributed by atoms with E-state index in [4.69, 9.17) is 4.74 Å². The Morgan fingerprint density at radius 1 is 1.39 bits per heavy atom. The number of rotatable bonds is 9. The van der Waals surface area contributed by atoms with Crippen molar-refractivity contribution in [2.75, 3.05) is 6.61 Å². The Morgan fingerprint density at radius 3 is 2.79 bits per heavy atom. The topological polar surface area (TPSA) is 69.0 Å². The molecule has 1 N–H and O–H groups in total. The summed E-state index contributed by atoms with van der Waals surface area (Å²) in [5, 5.41) is 7.62. The SMILES string of the molecule is CC(NC(=O)c1nc(-c2cccc(Br)c2)nn1COCC[Si](C)(C)C)C1CC1. The van der Waals surface area contributed by atoms with E-state index in [-0.39, 0.29) is 18.7 Å². The number of benzene rings is 1. The van der Waals surface area contributed by atoms with Gasteiger partial charge in [0.05, 0.1) is 0 Å². The van der Waals surface area contributed by atoms with Crippen molar-refractivity contribution < 1.29 is 9.53 Å². The number of aromatic nitrogens is 3. The van der Waals surface area contributed by atoms with Crippen molar-refractivity contribution in [1.29, 1.82) is 0 Å². The zero-order valence-electron chi connectivity index (χ0n) is 17.0. The van der Waals surface area contributed by atoms with E-state index in [2.05, 4.69) is 57.9 Å². The molecule has 0 bridgehead atoms. The van der Waals surface area contributed by atoms with Crippen LogP contribution in [0.4, 0.5) is 0 Å². The normalized spacial score (nSPS) is 15.5. The minimum absolute atomic E-state index is 0.153. The number of ether oxygens (including phenoxy) is 1. The van der Waals surface area contributed by atoms with Gasteiger partial charge in [0, 0.05) is 30.8 Å². The molecule has 1 aliphatic carbocycles. The van der Waals surface area contributed by atoms with E-state index in [0.717, 1.165) is 16.1 Å². The quantitative estimate of drug-likeness (QED) is 0.436. The molecule has 1 aliphatic rings. The average molecular weight is 465 g/mol. The van der Waals surface area contributed by atoms with Crippen molar-refractivity contribution >= 4 is 29.9 Å². The van der Waals surface area contributed by atoms with Crippen LogP contribution in [0.5, 0.6) is 0 Å². The third-order valence-electron chi connectivity index (χ3n) is 4.86. The number of carbonyl (C=O) groups is 1. The maximum absolute atomic E-state index is 12.8. The predicted molar refractivity (Wildman–Crippen MR) is 117 cm³/mol. The first-order valence-electron chi connectivity index (χ1n) is 9.82. The van der Waals surface area contributed by atoms with Crippen LogP contribution in [0.2, 0.25) is 25.7 Å². The van der Waals surface area contributed by atoms with Crippen molar-refractivity contribution in [3.8, 4) is 11.4 Å². The Hall–Kier alpha value is -1.51. The van der Waals surface area contributed by atoms with Gasteiger partial charge in [0.1, 0.15) is 6.73 Å². The molecule has 28 heavy (non-hydrogen) atoms. The first-order valence-corrected chi connectivity index (χ1v) is 14.3. The zero-order valence-corrected chi connectivity index (χ0v) is 19.6. The molecule has 1 unspecified atom stereocenters. The molecule has 1 aromatic heterocycles. The van der Waals surface area contributed by atoms with Gasteiger partial charge in [-0.2, -0.15) is 0 Å². The maximum Gasteiger partial charge on any atom is 0.289 e. The van der Waals surface area contributed by atoms with Gasteiger partial charge in [-0.05, 0) is 43.9 Å². The highest BCUT2D eigenvalue weighted by Gasteiger charge is 2.30. The molecule has 0 saturated heterocycles. The molecule has 1 amide bonds. The van der Waals surface area contributed by atoms with Crippen LogP contribution in [-0.2, 0) is 11.5 Å². The fraction of sp³-hybridized carbons (Fsp3) is 0.550. The second-order valence-electron chi connectivity index (χ2n) is 8.72. The molecular formula is C20H29BrN4O2Si. The minimum atomic E-state index is -1.17. The number of nitrogens with one attached hydrogen (secondary N) is 1. The van der Waals surface area contributed by atoms with E-state index in [1.807, 2.05) is 24.3 Å². The molecule has 6 nitrogen and oxygen atoms in total. The summed E-state index contributed by atoms with van der Waals surface area (Å²) in [5.74, 6) is 1.22. The van der Waals surface area contributed by atoms with Crippen molar-refractivity contribution in [1.82, 2.24) is 20.1 Å². The molecule has 1 fully saturated rings. The minimum Gasteiger partial charge on any atom is -0.359 e. The van der Waals surface area contributed by atoms with Gasteiger partial charge in [-0.1, -0.05) is 47.7 Å². The third kappa shape index (κ3) is 5.99. The van der Waals surface area contributed by atoms with E-state index in [0.29, 0.717) is 24.2 Å². The summed E-state index contributed by atoms with van der Waals surface area (Å²) in [5.41, 5.74) is 0.861. The fourth-order valence-electron chi connectivity index (χ4n) is 2.86. The summed E-state index contributed by atoms with van der Waals surface area (Å²) >= 11 is 3.48. The van der Waals surface area contributed by atoms with E-state index in [9.17, 15) is 4.79 Å². The van der Waals surface area contributed by atoms with Gasteiger partial charge >= 0.3 is 0 Å². The van der Waals surface area contributed by atoms with Gasteiger partial charge in [-0.15, -0.1) is 5.10 Å². The second kappa shape index (κ2) is 8.88. The predicted octanol–water partition coefficient (Wildman–Crippen LogP) is 4.55. The Morgan fingerprint density at radius 2 is 2.14 bits per heavy atom. The van der Waals surface area contributed by atoms with Crippen molar-refractivity contribution in [2.24, 2.45) is 5.92 Å². The van der Waals surface area contributed by atoms with Crippen molar-refractivity contribution in [3.05, 3.63) is 34.6 Å². The number of amides is 1. The number of halogens is 1. The smallest absolute Gasteiger partial charge is 0.289 e. The fourth-order valence-corrected chi connectivity index (χ4v) is 4.02. The monoisotopic (exact) mass is 464 g/mol. The van der Waals surface area contributed by atoms with Crippen LogP contribution in [0.3, 0.4) is 0 Å². The van der Waals surface area contributed by atoms with Gasteiger partial charge < -0.3 is 10.1 Å². The van der Waals surface area contributed by atoms with Gasteiger partial charge in [0.15, 0.2) is 5.82 Å². The molecule has 1 heterocycles. The van der Waals surface area contributed by atoms with E-state index >= 15 is 0 Å². The number of hydrogen-bond acceptors (Lipinski definition) is 4. The Balaban J connectivity index is 1.77. The van der Waals surface area contributed by atoms with Gasteiger partial charge in [0.2, 0.25) is 5.82 Å². The molecule has 1 aromatic carbocycles. The molecule has 2 aromatic rings. The first-order chi connectivity index (χ1) is 13.2. The average Bonchev–Trinajstić information content (AvgIpc) is 3.38. The lowest BCUT2D eigenvalue weighted by Crippen LogP contribution is -2.36. The third-order valence-corrected chi connectivity index (χ3v) is 7.05. The summed E-state index contributed by atoms with van der Waals surface area (Å²) in [6, 6.07) is 8.98.